The van der Waals surface area contributed by atoms with Crippen LogP contribution in [0.3, 0.4) is 0 Å². The Balaban J connectivity index is 1.63. The number of ether oxygens (including phenoxy) is 2. The van der Waals surface area contributed by atoms with Crippen molar-refractivity contribution in [2.45, 2.75) is 6.42 Å². The summed E-state index contributed by atoms with van der Waals surface area (Å²) in [6.45, 7) is 0.360. The monoisotopic (exact) mass is 436 g/mol. The maximum absolute atomic E-state index is 12.4. The van der Waals surface area contributed by atoms with Crippen molar-refractivity contribution in [3.8, 4) is 28.9 Å². The molecule has 0 saturated heterocycles. The summed E-state index contributed by atoms with van der Waals surface area (Å²) in [6.07, 6.45) is 1.99. The largest absolute Gasteiger partial charge is 0.493 e. The van der Waals surface area contributed by atoms with Crippen molar-refractivity contribution in [1.29, 1.82) is 5.26 Å². The zero-order valence-electron chi connectivity index (χ0n) is 17.1. The van der Waals surface area contributed by atoms with Gasteiger partial charge in [-0.15, -0.1) is 0 Å². The number of nitriles is 1. The number of carbonyl (C=O) groups excluding carboxylic acids is 1. The van der Waals surface area contributed by atoms with Gasteiger partial charge in [-0.2, -0.15) is 5.26 Å². The highest BCUT2D eigenvalue weighted by Crippen LogP contribution is 2.28. The second-order valence-electron chi connectivity index (χ2n) is 6.58. The number of amides is 1. The average Bonchev–Trinajstić information content (AvgIpc) is 3.26. The first-order chi connectivity index (χ1) is 15.0. The van der Waals surface area contributed by atoms with Crippen LogP contribution in [0.4, 0.5) is 0 Å². The molecule has 31 heavy (non-hydrogen) atoms. The molecule has 1 amide bonds. The van der Waals surface area contributed by atoms with Gasteiger partial charge < -0.3 is 19.2 Å². The van der Waals surface area contributed by atoms with Crippen LogP contribution >= 0.6 is 11.6 Å². The van der Waals surface area contributed by atoms with E-state index in [1.165, 1.54) is 6.08 Å². The van der Waals surface area contributed by atoms with Gasteiger partial charge >= 0.3 is 0 Å². The van der Waals surface area contributed by atoms with E-state index < -0.39 is 5.91 Å². The molecule has 0 atom stereocenters. The van der Waals surface area contributed by atoms with Crippen LogP contribution in [-0.4, -0.2) is 26.7 Å². The fraction of sp³-hybridized carbons (Fsp3) is 0.167. The van der Waals surface area contributed by atoms with Crippen molar-refractivity contribution in [3.63, 3.8) is 0 Å². The Morgan fingerprint density at radius 2 is 1.94 bits per heavy atom. The molecule has 0 spiro atoms. The van der Waals surface area contributed by atoms with Crippen molar-refractivity contribution in [2.75, 3.05) is 20.8 Å². The molecule has 0 unspecified atom stereocenters. The first-order valence-electron chi connectivity index (χ1n) is 9.50. The molecule has 158 valence electrons. The van der Waals surface area contributed by atoms with Crippen molar-refractivity contribution in [1.82, 2.24) is 5.32 Å². The lowest BCUT2D eigenvalue weighted by Gasteiger charge is -2.10. The highest BCUT2D eigenvalue weighted by Gasteiger charge is 2.11. The molecular formula is C24H21ClN2O4. The van der Waals surface area contributed by atoms with Gasteiger partial charge in [0, 0.05) is 23.2 Å². The molecule has 0 saturated carbocycles. The third-order valence-corrected chi connectivity index (χ3v) is 4.77. The van der Waals surface area contributed by atoms with E-state index in [-0.39, 0.29) is 5.57 Å². The van der Waals surface area contributed by atoms with Gasteiger partial charge in [0.25, 0.3) is 5.91 Å². The molecule has 0 aliphatic heterocycles. The van der Waals surface area contributed by atoms with Gasteiger partial charge in [0.2, 0.25) is 0 Å². The molecule has 0 fully saturated rings. The van der Waals surface area contributed by atoms with Crippen LogP contribution in [-0.2, 0) is 11.2 Å². The van der Waals surface area contributed by atoms with E-state index in [1.807, 2.05) is 36.4 Å². The lowest BCUT2D eigenvalue weighted by atomic mass is 10.1. The van der Waals surface area contributed by atoms with Crippen LogP contribution < -0.4 is 14.8 Å². The Bertz CT molecular complexity index is 1140. The van der Waals surface area contributed by atoms with Gasteiger partial charge in [-0.1, -0.05) is 29.8 Å². The maximum Gasteiger partial charge on any atom is 0.262 e. The average molecular weight is 437 g/mol. The number of benzene rings is 2. The van der Waals surface area contributed by atoms with E-state index in [0.29, 0.717) is 41.0 Å². The Hall–Kier alpha value is -3.69. The first kappa shape index (κ1) is 22.0. The normalized spacial score (nSPS) is 11.0. The zero-order valence-corrected chi connectivity index (χ0v) is 17.9. The van der Waals surface area contributed by atoms with E-state index in [0.717, 1.165) is 11.1 Å². The van der Waals surface area contributed by atoms with Gasteiger partial charge in [0.15, 0.2) is 11.5 Å². The minimum atomic E-state index is -0.469. The first-order valence-corrected chi connectivity index (χ1v) is 9.88. The van der Waals surface area contributed by atoms with Crippen LogP contribution in [0.1, 0.15) is 11.3 Å². The molecule has 2 aromatic carbocycles. The molecule has 6 nitrogen and oxygen atoms in total. The third-order valence-electron chi connectivity index (χ3n) is 4.53. The van der Waals surface area contributed by atoms with E-state index in [1.54, 1.807) is 38.5 Å². The standard InChI is InChI=1S/C24H21ClN2O4/c1-29-22-8-6-16(12-23(22)30-2)10-11-27-24(28)18(15-26)14-20-7-9-21(31-20)17-4-3-5-19(25)13-17/h3-9,12-14H,10-11H2,1-2H3,(H,27,28)/b18-14+. The number of halogens is 1. The topological polar surface area (TPSA) is 84.5 Å². The Kier molecular flexibility index (Phi) is 7.36. The predicted octanol–water partition coefficient (Wildman–Crippen LogP) is 4.88. The summed E-state index contributed by atoms with van der Waals surface area (Å²) in [5.74, 6) is 1.79. The number of rotatable bonds is 8. The molecule has 0 radical (unpaired) electrons. The number of hydrogen-bond donors (Lipinski definition) is 1. The van der Waals surface area contributed by atoms with E-state index in [9.17, 15) is 10.1 Å². The molecule has 3 rings (SSSR count). The number of hydrogen-bond acceptors (Lipinski definition) is 5. The highest BCUT2D eigenvalue weighted by atomic mass is 35.5. The van der Waals surface area contributed by atoms with Gasteiger partial charge in [-0.25, -0.2) is 0 Å². The molecule has 1 heterocycles. The summed E-state index contributed by atoms with van der Waals surface area (Å²) < 4.78 is 16.2. The van der Waals surface area contributed by atoms with Crippen molar-refractivity contribution in [3.05, 3.63) is 76.5 Å². The summed E-state index contributed by atoms with van der Waals surface area (Å²) >= 11 is 6.01. The second-order valence-corrected chi connectivity index (χ2v) is 7.01. The van der Waals surface area contributed by atoms with Crippen molar-refractivity contribution < 1.29 is 18.7 Å². The predicted molar refractivity (Wildman–Crippen MR) is 119 cm³/mol. The zero-order chi connectivity index (χ0) is 22.2. The SMILES string of the molecule is COc1ccc(CCNC(=O)/C(C#N)=C/c2ccc(-c3cccc(Cl)c3)o2)cc1OC. The second kappa shape index (κ2) is 10.4. The molecule has 7 heteroatoms. The minimum absolute atomic E-state index is 0.0423. The fourth-order valence-corrected chi connectivity index (χ4v) is 3.16. The Morgan fingerprint density at radius 1 is 1.13 bits per heavy atom. The number of methoxy groups -OCH3 is 2. The third kappa shape index (κ3) is 5.68. The smallest absolute Gasteiger partial charge is 0.262 e. The number of carbonyl (C=O) groups is 1. The molecule has 1 aromatic heterocycles. The lowest BCUT2D eigenvalue weighted by molar-refractivity contribution is -0.117. The Labute approximate surface area is 185 Å². The summed E-state index contributed by atoms with van der Waals surface area (Å²) in [5.41, 5.74) is 1.74. The molecule has 3 aromatic rings. The van der Waals surface area contributed by atoms with Gasteiger partial charge in [0.05, 0.1) is 14.2 Å². The quantitative estimate of drug-likeness (QED) is 0.401. The van der Waals surface area contributed by atoms with Crippen LogP contribution in [0, 0.1) is 11.3 Å². The molecule has 0 aliphatic rings. The van der Waals surface area contributed by atoms with Crippen LogP contribution in [0.15, 0.2) is 64.6 Å². The summed E-state index contributed by atoms with van der Waals surface area (Å²) in [7, 11) is 3.14. The van der Waals surface area contributed by atoms with E-state index >= 15 is 0 Å². The molecule has 0 bridgehead atoms. The Morgan fingerprint density at radius 3 is 2.65 bits per heavy atom. The maximum atomic E-state index is 12.4. The van der Waals surface area contributed by atoms with Crippen molar-refractivity contribution in [2.24, 2.45) is 0 Å². The highest BCUT2D eigenvalue weighted by molar-refractivity contribution is 6.30. The fourth-order valence-electron chi connectivity index (χ4n) is 2.97. The number of nitrogens with one attached hydrogen (secondary N) is 1. The summed E-state index contributed by atoms with van der Waals surface area (Å²) in [6, 6.07) is 18.2. The lowest BCUT2D eigenvalue weighted by Crippen LogP contribution is -2.26. The van der Waals surface area contributed by atoms with E-state index in [2.05, 4.69) is 5.32 Å². The number of furan rings is 1. The number of nitrogens with zero attached hydrogens (tertiary/aromatic N) is 1. The van der Waals surface area contributed by atoms with Crippen LogP contribution in [0.25, 0.3) is 17.4 Å². The van der Waals surface area contributed by atoms with Gasteiger partial charge in [0.1, 0.15) is 23.2 Å². The molecular weight excluding hydrogens is 416 g/mol. The summed E-state index contributed by atoms with van der Waals surface area (Å²) in [4.78, 5) is 12.4. The molecule has 1 N–H and O–H groups in total. The molecule has 0 aliphatic carbocycles. The van der Waals surface area contributed by atoms with Gasteiger partial charge in [-0.3, -0.25) is 4.79 Å². The summed E-state index contributed by atoms with van der Waals surface area (Å²) in [5, 5.41) is 12.7. The van der Waals surface area contributed by atoms with Crippen LogP contribution in [0.5, 0.6) is 11.5 Å². The van der Waals surface area contributed by atoms with Crippen LogP contribution in [0.2, 0.25) is 5.02 Å². The van der Waals surface area contributed by atoms with Gasteiger partial charge in [-0.05, 0) is 48.4 Å². The minimum Gasteiger partial charge on any atom is -0.493 e. The van der Waals surface area contributed by atoms with E-state index in [4.69, 9.17) is 25.5 Å². The van der Waals surface area contributed by atoms with Crippen molar-refractivity contribution >= 4 is 23.6 Å².